The molecule has 7 nitrogen and oxygen atoms in total. The van der Waals surface area contributed by atoms with Crippen LogP contribution in [0.2, 0.25) is 0 Å². The van der Waals surface area contributed by atoms with Gasteiger partial charge in [-0.15, -0.1) is 0 Å². The molecule has 0 spiro atoms. The molecule has 0 unspecified atom stereocenters. The van der Waals surface area contributed by atoms with E-state index in [9.17, 15) is 4.79 Å². The second-order valence-electron chi connectivity index (χ2n) is 6.00. The van der Waals surface area contributed by atoms with Crippen molar-refractivity contribution in [2.24, 2.45) is 17.4 Å². The molecule has 3 aliphatic heterocycles. The summed E-state index contributed by atoms with van der Waals surface area (Å²) in [5.74, 6) is 0.737. The Kier molecular flexibility index (Phi) is 4.29. The van der Waals surface area contributed by atoms with E-state index in [-0.39, 0.29) is 6.41 Å². The van der Waals surface area contributed by atoms with Gasteiger partial charge >= 0.3 is 0 Å². The van der Waals surface area contributed by atoms with Gasteiger partial charge in [0.05, 0.1) is 11.8 Å². The van der Waals surface area contributed by atoms with Gasteiger partial charge in [0, 0.05) is 23.5 Å². The first-order valence-electron chi connectivity index (χ1n) is 7.68. The third kappa shape index (κ3) is 2.92. The number of pyridine rings is 1. The quantitative estimate of drug-likeness (QED) is 0.796. The Balaban J connectivity index is 0.000000485. The van der Waals surface area contributed by atoms with Gasteiger partial charge in [0.15, 0.2) is 5.58 Å². The van der Waals surface area contributed by atoms with Crippen LogP contribution in [0.5, 0.6) is 0 Å². The van der Waals surface area contributed by atoms with E-state index < -0.39 is 5.91 Å². The van der Waals surface area contributed by atoms with Gasteiger partial charge in [-0.2, -0.15) is 0 Å². The van der Waals surface area contributed by atoms with Crippen LogP contribution in [-0.2, 0) is 4.79 Å². The number of aromatic nitrogens is 1. The van der Waals surface area contributed by atoms with Crippen molar-refractivity contribution in [2.45, 2.75) is 18.8 Å². The number of hydrogen-bond acceptors (Lipinski definition) is 5. The van der Waals surface area contributed by atoms with Crippen LogP contribution in [0.15, 0.2) is 22.9 Å². The first-order chi connectivity index (χ1) is 11.1. The van der Waals surface area contributed by atoms with E-state index in [0.29, 0.717) is 23.0 Å². The van der Waals surface area contributed by atoms with E-state index in [2.05, 4.69) is 15.6 Å². The highest BCUT2D eigenvalue weighted by Crippen LogP contribution is 2.39. The molecule has 3 fully saturated rings. The Morgan fingerprint density at radius 3 is 2.65 bits per heavy atom. The number of rotatable bonds is 2. The second kappa shape index (κ2) is 6.37. The van der Waals surface area contributed by atoms with Gasteiger partial charge < -0.3 is 20.8 Å². The van der Waals surface area contributed by atoms with Crippen LogP contribution in [0.25, 0.3) is 11.0 Å². The fourth-order valence-corrected chi connectivity index (χ4v) is 3.64. The monoisotopic (exact) mass is 316 g/mol. The fraction of sp³-hybridized carbons (Fsp3) is 0.438. The molecule has 4 N–H and O–H groups in total. The lowest BCUT2D eigenvalue weighted by molar-refractivity contribution is -0.106. The zero-order chi connectivity index (χ0) is 16.4. The SMILES string of the molecule is NC(=O)c1coc2cnc([C@H]3CN4CCC3CC4)cc12.NC=O. The molecule has 2 bridgehead atoms. The van der Waals surface area contributed by atoms with Crippen LogP contribution in [0.4, 0.5) is 0 Å². The van der Waals surface area contributed by atoms with Gasteiger partial charge in [0.1, 0.15) is 6.26 Å². The highest BCUT2D eigenvalue weighted by Gasteiger charge is 2.35. The average Bonchev–Trinajstić information content (AvgIpc) is 3.00. The summed E-state index contributed by atoms with van der Waals surface area (Å²) in [5, 5.41) is 0.791. The molecule has 5 rings (SSSR count). The molecule has 5 heterocycles. The molecule has 122 valence electrons. The predicted molar refractivity (Wildman–Crippen MR) is 84.7 cm³/mol. The van der Waals surface area contributed by atoms with Crippen LogP contribution >= 0.6 is 0 Å². The maximum absolute atomic E-state index is 11.4. The lowest BCUT2D eigenvalue weighted by Crippen LogP contribution is -2.46. The summed E-state index contributed by atoms with van der Waals surface area (Å²) in [6.07, 6.45) is 5.89. The smallest absolute Gasteiger partial charge is 0.252 e. The van der Waals surface area contributed by atoms with Crippen molar-refractivity contribution in [3.63, 3.8) is 0 Å². The van der Waals surface area contributed by atoms with Gasteiger partial charge in [-0.1, -0.05) is 0 Å². The summed E-state index contributed by atoms with van der Waals surface area (Å²) in [6.45, 7) is 3.50. The molecule has 0 aliphatic carbocycles. The lowest BCUT2D eigenvalue weighted by atomic mass is 9.77. The van der Waals surface area contributed by atoms with Crippen molar-refractivity contribution in [3.8, 4) is 0 Å². The van der Waals surface area contributed by atoms with Crippen molar-refractivity contribution >= 4 is 23.3 Å². The number of nitrogens with zero attached hydrogens (tertiary/aromatic N) is 2. The molecule has 2 amide bonds. The summed E-state index contributed by atoms with van der Waals surface area (Å²) in [5.41, 5.74) is 11.7. The molecule has 0 radical (unpaired) electrons. The Morgan fingerprint density at radius 1 is 1.39 bits per heavy atom. The number of carbonyl (C=O) groups excluding carboxylic acids is 2. The molecular formula is C16H20N4O3. The van der Waals surface area contributed by atoms with Gasteiger partial charge in [0.2, 0.25) is 6.41 Å². The number of piperidine rings is 3. The van der Waals surface area contributed by atoms with E-state index >= 15 is 0 Å². The van der Waals surface area contributed by atoms with E-state index in [1.807, 2.05) is 6.07 Å². The number of nitrogens with two attached hydrogens (primary N) is 2. The number of primary amides is 2. The first kappa shape index (κ1) is 15.5. The number of carbonyl (C=O) groups is 2. The van der Waals surface area contributed by atoms with E-state index in [4.69, 9.17) is 14.9 Å². The first-order valence-corrected chi connectivity index (χ1v) is 7.68. The summed E-state index contributed by atoms with van der Waals surface area (Å²) in [4.78, 5) is 27.1. The zero-order valence-electron chi connectivity index (χ0n) is 12.8. The highest BCUT2D eigenvalue weighted by molar-refractivity contribution is 6.05. The Morgan fingerprint density at radius 2 is 2.09 bits per heavy atom. The lowest BCUT2D eigenvalue weighted by Gasteiger charge is -2.44. The molecule has 3 aliphatic rings. The number of amides is 2. The van der Waals surface area contributed by atoms with E-state index in [1.165, 1.54) is 32.2 Å². The number of furan rings is 1. The minimum Gasteiger partial charge on any atom is -0.462 e. The molecule has 0 saturated carbocycles. The average molecular weight is 316 g/mol. The Hall–Kier alpha value is -2.41. The van der Waals surface area contributed by atoms with Crippen molar-refractivity contribution in [1.82, 2.24) is 9.88 Å². The van der Waals surface area contributed by atoms with Crippen LogP contribution in [0.3, 0.4) is 0 Å². The highest BCUT2D eigenvalue weighted by atomic mass is 16.3. The third-order valence-corrected chi connectivity index (χ3v) is 4.78. The molecule has 2 aromatic heterocycles. The maximum Gasteiger partial charge on any atom is 0.252 e. The van der Waals surface area contributed by atoms with Crippen LogP contribution in [0.1, 0.15) is 34.8 Å². The van der Waals surface area contributed by atoms with Crippen molar-refractivity contribution in [2.75, 3.05) is 19.6 Å². The normalized spacial score (nSPS) is 25.7. The largest absolute Gasteiger partial charge is 0.462 e. The van der Waals surface area contributed by atoms with Gasteiger partial charge in [-0.25, -0.2) is 0 Å². The van der Waals surface area contributed by atoms with Gasteiger partial charge in [0.25, 0.3) is 5.91 Å². The van der Waals surface area contributed by atoms with Gasteiger partial charge in [-0.05, 0) is 37.9 Å². The molecular weight excluding hydrogens is 296 g/mol. The molecule has 0 aromatic carbocycles. The molecule has 1 atom stereocenters. The predicted octanol–water partition coefficient (Wildman–Crippen LogP) is 0.837. The van der Waals surface area contributed by atoms with Crippen molar-refractivity contribution in [1.29, 1.82) is 0 Å². The van der Waals surface area contributed by atoms with E-state index in [0.717, 1.165) is 17.6 Å². The number of fused-ring (bicyclic) bond motifs is 4. The minimum atomic E-state index is -0.449. The maximum atomic E-state index is 11.4. The van der Waals surface area contributed by atoms with Crippen LogP contribution in [-0.4, -0.2) is 41.8 Å². The molecule has 7 heteroatoms. The van der Waals surface area contributed by atoms with Gasteiger partial charge in [-0.3, -0.25) is 14.6 Å². The van der Waals surface area contributed by atoms with Crippen LogP contribution in [0, 0.1) is 5.92 Å². The summed E-state index contributed by atoms with van der Waals surface area (Å²) < 4.78 is 5.34. The van der Waals surface area contributed by atoms with Crippen LogP contribution < -0.4 is 11.5 Å². The summed E-state index contributed by atoms with van der Waals surface area (Å²) >= 11 is 0. The molecule has 2 aromatic rings. The third-order valence-electron chi connectivity index (χ3n) is 4.78. The zero-order valence-corrected chi connectivity index (χ0v) is 12.8. The molecule has 23 heavy (non-hydrogen) atoms. The summed E-state index contributed by atoms with van der Waals surface area (Å²) in [7, 11) is 0. The van der Waals surface area contributed by atoms with Crippen molar-refractivity contribution < 1.29 is 14.0 Å². The Bertz CT molecular complexity index is 719. The fourth-order valence-electron chi connectivity index (χ4n) is 3.64. The van der Waals surface area contributed by atoms with Crippen molar-refractivity contribution in [3.05, 3.63) is 29.8 Å². The summed E-state index contributed by atoms with van der Waals surface area (Å²) in [6, 6.07) is 1.99. The Labute approximate surface area is 133 Å². The minimum absolute atomic E-state index is 0.250. The molecule has 3 saturated heterocycles. The standard InChI is InChI=1S/C15H17N3O2.CH3NO/c16-15(19)12-8-20-14-6-17-13(5-10(12)14)11-7-18-3-1-9(11)2-4-18;2-1-3/h5-6,8-9,11H,1-4,7H2,(H2,16,19);1H,(H2,2,3)/t11-;/m0./s1. The topological polar surface area (TPSA) is 115 Å². The van der Waals surface area contributed by atoms with E-state index in [1.54, 1.807) is 6.20 Å². The number of hydrogen-bond donors (Lipinski definition) is 2. The second-order valence-corrected chi connectivity index (χ2v) is 6.00.